The molecule has 0 fully saturated rings. The molecule has 1 aromatic rings. The molecular formula is C13H20ClNO3S. The summed E-state index contributed by atoms with van der Waals surface area (Å²) in [6.07, 6.45) is -0.606. The molecule has 0 aliphatic heterocycles. The Balaban J connectivity index is 2.24. The lowest BCUT2D eigenvalue weighted by molar-refractivity contribution is 0.174. The number of ether oxygens (including phenoxy) is 1. The van der Waals surface area contributed by atoms with Gasteiger partial charge in [0.15, 0.2) is 0 Å². The Bertz CT molecular complexity index is 386. The summed E-state index contributed by atoms with van der Waals surface area (Å²) in [5.74, 6) is 0.703. The molecule has 2 atom stereocenters. The quantitative estimate of drug-likeness (QED) is 0.673. The average Bonchev–Trinajstić information content (AvgIpc) is 2.37. The van der Waals surface area contributed by atoms with Crippen LogP contribution in [0.1, 0.15) is 5.56 Å². The van der Waals surface area contributed by atoms with Crippen molar-refractivity contribution in [1.29, 1.82) is 0 Å². The molecule has 0 bridgehead atoms. The molecule has 0 radical (unpaired) electrons. The van der Waals surface area contributed by atoms with Crippen molar-refractivity contribution < 1.29 is 14.1 Å². The van der Waals surface area contributed by atoms with Gasteiger partial charge in [0.05, 0.1) is 18.5 Å². The van der Waals surface area contributed by atoms with E-state index in [-0.39, 0.29) is 5.75 Å². The molecule has 0 saturated carbocycles. The second-order valence-corrected chi connectivity index (χ2v) is 6.17. The average molecular weight is 306 g/mol. The first-order valence-electron chi connectivity index (χ1n) is 6.09. The summed E-state index contributed by atoms with van der Waals surface area (Å²) in [4.78, 5) is 0. The Labute approximate surface area is 121 Å². The van der Waals surface area contributed by atoms with Crippen molar-refractivity contribution in [2.45, 2.75) is 11.9 Å². The predicted molar refractivity (Wildman–Crippen MR) is 78.9 cm³/mol. The SMILES string of the molecule is COCCNCC(O)CS(=O)Cc1ccc(Cl)cc1. The summed E-state index contributed by atoms with van der Waals surface area (Å²) in [5, 5.41) is 13.4. The largest absolute Gasteiger partial charge is 0.391 e. The van der Waals surface area contributed by atoms with E-state index in [1.807, 2.05) is 12.1 Å². The van der Waals surface area contributed by atoms with Crippen LogP contribution in [0, 0.1) is 0 Å². The number of aliphatic hydroxyl groups is 1. The lowest BCUT2D eigenvalue weighted by Gasteiger charge is -2.11. The number of nitrogens with one attached hydrogen (secondary N) is 1. The van der Waals surface area contributed by atoms with Gasteiger partial charge in [-0.15, -0.1) is 0 Å². The van der Waals surface area contributed by atoms with Gasteiger partial charge < -0.3 is 15.2 Å². The van der Waals surface area contributed by atoms with Crippen molar-refractivity contribution in [2.24, 2.45) is 0 Å². The number of benzene rings is 1. The zero-order chi connectivity index (χ0) is 14.1. The van der Waals surface area contributed by atoms with E-state index in [1.54, 1.807) is 19.2 Å². The maximum atomic E-state index is 11.9. The lowest BCUT2D eigenvalue weighted by Crippen LogP contribution is -2.33. The van der Waals surface area contributed by atoms with Crippen LogP contribution in [-0.4, -0.2) is 48.0 Å². The monoisotopic (exact) mass is 305 g/mol. The van der Waals surface area contributed by atoms with Crippen LogP contribution >= 0.6 is 11.6 Å². The minimum absolute atomic E-state index is 0.266. The number of methoxy groups -OCH3 is 1. The maximum Gasteiger partial charge on any atom is 0.0779 e. The van der Waals surface area contributed by atoms with Gasteiger partial charge in [0, 0.05) is 41.8 Å². The fourth-order valence-corrected chi connectivity index (χ4v) is 2.90. The van der Waals surface area contributed by atoms with Crippen molar-refractivity contribution in [2.75, 3.05) is 32.6 Å². The molecule has 1 rings (SSSR count). The number of hydrogen-bond donors (Lipinski definition) is 2. The molecule has 0 aliphatic carbocycles. The van der Waals surface area contributed by atoms with Crippen LogP contribution in [-0.2, 0) is 21.3 Å². The Morgan fingerprint density at radius 2 is 2.11 bits per heavy atom. The molecule has 2 N–H and O–H groups in total. The first-order valence-corrected chi connectivity index (χ1v) is 7.95. The van der Waals surface area contributed by atoms with E-state index in [2.05, 4.69) is 5.32 Å². The van der Waals surface area contributed by atoms with Crippen LogP contribution in [0.2, 0.25) is 5.02 Å². The highest BCUT2D eigenvalue weighted by Gasteiger charge is 2.09. The van der Waals surface area contributed by atoms with Gasteiger partial charge in [-0.3, -0.25) is 4.21 Å². The van der Waals surface area contributed by atoms with E-state index in [1.165, 1.54) is 0 Å². The molecule has 0 heterocycles. The third-order valence-corrected chi connectivity index (χ3v) is 4.15. The smallest absolute Gasteiger partial charge is 0.0779 e. The molecule has 0 spiro atoms. The topological polar surface area (TPSA) is 58.6 Å². The molecule has 19 heavy (non-hydrogen) atoms. The molecule has 108 valence electrons. The number of hydrogen-bond acceptors (Lipinski definition) is 4. The standard InChI is InChI=1S/C13H20ClNO3S/c1-18-7-6-15-8-13(16)10-19(17)9-11-2-4-12(14)5-3-11/h2-5,13,15-16H,6-10H2,1H3. The van der Waals surface area contributed by atoms with Gasteiger partial charge in [0.2, 0.25) is 0 Å². The van der Waals surface area contributed by atoms with Crippen LogP contribution < -0.4 is 5.32 Å². The van der Waals surface area contributed by atoms with E-state index in [9.17, 15) is 9.32 Å². The highest BCUT2D eigenvalue weighted by Crippen LogP contribution is 2.11. The zero-order valence-electron chi connectivity index (χ0n) is 11.0. The molecule has 0 aromatic heterocycles. The first-order chi connectivity index (χ1) is 9.11. The first kappa shape index (κ1) is 16.6. The van der Waals surface area contributed by atoms with E-state index in [0.717, 1.165) is 5.56 Å². The van der Waals surface area contributed by atoms with Gasteiger partial charge in [-0.1, -0.05) is 23.7 Å². The minimum atomic E-state index is -1.08. The van der Waals surface area contributed by atoms with Crippen LogP contribution in [0.15, 0.2) is 24.3 Å². The van der Waals surface area contributed by atoms with Crippen LogP contribution in [0.5, 0.6) is 0 Å². The van der Waals surface area contributed by atoms with Crippen molar-refractivity contribution in [3.8, 4) is 0 Å². The zero-order valence-corrected chi connectivity index (χ0v) is 12.5. The molecule has 4 nitrogen and oxygen atoms in total. The highest BCUT2D eigenvalue weighted by atomic mass is 35.5. The summed E-state index contributed by atoms with van der Waals surface area (Å²) in [6.45, 7) is 1.70. The fraction of sp³-hybridized carbons (Fsp3) is 0.538. The second kappa shape index (κ2) is 9.44. The minimum Gasteiger partial charge on any atom is -0.391 e. The lowest BCUT2D eigenvalue weighted by atomic mass is 10.2. The molecule has 6 heteroatoms. The van der Waals surface area contributed by atoms with E-state index >= 15 is 0 Å². The Morgan fingerprint density at radius 3 is 2.74 bits per heavy atom. The molecule has 1 aromatic carbocycles. The Kier molecular flexibility index (Phi) is 8.25. The predicted octanol–water partition coefficient (Wildman–Crippen LogP) is 1.19. The van der Waals surface area contributed by atoms with Gasteiger partial charge >= 0.3 is 0 Å². The Morgan fingerprint density at radius 1 is 1.42 bits per heavy atom. The van der Waals surface area contributed by atoms with Gasteiger partial charge in [-0.05, 0) is 17.7 Å². The Hall–Kier alpha value is -0.460. The fourth-order valence-electron chi connectivity index (χ4n) is 1.54. The van der Waals surface area contributed by atoms with Crippen LogP contribution in [0.3, 0.4) is 0 Å². The summed E-state index contributed by atoms with van der Waals surface area (Å²) in [7, 11) is 0.545. The normalized spacial score (nSPS) is 14.3. The summed E-state index contributed by atoms with van der Waals surface area (Å²) in [5.41, 5.74) is 0.960. The van der Waals surface area contributed by atoms with Crippen LogP contribution in [0.25, 0.3) is 0 Å². The number of aliphatic hydroxyl groups excluding tert-OH is 1. The van der Waals surface area contributed by atoms with Gasteiger partial charge in [0.1, 0.15) is 0 Å². The van der Waals surface area contributed by atoms with Crippen molar-refractivity contribution in [3.05, 3.63) is 34.9 Å². The second-order valence-electron chi connectivity index (χ2n) is 4.23. The third kappa shape index (κ3) is 7.64. The van der Waals surface area contributed by atoms with E-state index in [4.69, 9.17) is 16.3 Å². The number of halogens is 1. The van der Waals surface area contributed by atoms with E-state index < -0.39 is 16.9 Å². The summed E-state index contributed by atoms with van der Waals surface area (Å²) in [6, 6.07) is 7.25. The van der Waals surface area contributed by atoms with Gasteiger partial charge in [-0.2, -0.15) is 0 Å². The summed E-state index contributed by atoms with van der Waals surface area (Å²) >= 11 is 5.78. The molecule has 0 saturated heterocycles. The van der Waals surface area contributed by atoms with Crippen molar-refractivity contribution in [3.63, 3.8) is 0 Å². The number of rotatable bonds is 9. The van der Waals surface area contributed by atoms with E-state index in [0.29, 0.717) is 30.5 Å². The van der Waals surface area contributed by atoms with Crippen molar-refractivity contribution in [1.82, 2.24) is 5.32 Å². The third-order valence-electron chi connectivity index (χ3n) is 2.48. The van der Waals surface area contributed by atoms with Crippen LogP contribution in [0.4, 0.5) is 0 Å². The molecular weight excluding hydrogens is 286 g/mol. The van der Waals surface area contributed by atoms with Gasteiger partial charge in [0.25, 0.3) is 0 Å². The highest BCUT2D eigenvalue weighted by molar-refractivity contribution is 7.84. The molecule has 0 amide bonds. The maximum absolute atomic E-state index is 11.9. The van der Waals surface area contributed by atoms with Crippen molar-refractivity contribution >= 4 is 22.4 Å². The summed E-state index contributed by atoms with van der Waals surface area (Å²) < 4.78 is 16.7. The molecule has 0 aliphatic rings. The molecule has 2 unspecified atom stereocenters. The van der Waals surface area contributed by atoms with Gasteiger partial charge in [-0.25, -0.2) is 0 Å².